The van der Waals surface area contributed by atoms with E-state index in [1.54, 1.807) is 23.9 Å². The first-order valence-corrected chi connectivity index (χ1v) is 10.9. The Morgan fingerprint density at radius 1 is 1.40 bits per heavy atom. The molecule has 2 heterocycles. The summed E-state index contributed by atoms with van der Waals surface area (Å²) < 4.78 is 15.5. The van der Waals surface area contributed by atoms with Gasteiger partial charge in [-0.25, -0.2) is 4.39 Å². The predicted molar refractivity (Wildman–Crippen MR) is 107 cm³/mol. The molecule has 132 valence electrons. The van der Waals surface area contributed by atoms with E-state index in [-0.39, 0.29) is 18.0 Å². The molecular weight excluding hydrogens is 375 g/mol. The van der Waals surface area contributed by atoms with Crippen molar-refractivity contribution in [3.63, 3.8) is 0 Å². The number of carbonyl (C=O) groups is 1. The Labute approximate surface area is 159 Å². The topological polar surface area (TPSA) is 55.5 Å². The SMILES string of the molecule is CSc1ccc(C(=O)Cc2ccc(F)c([C@]3(C)CCSC(N)=N3)c2)s1. The van der Waals surface area contributed by atoms with E-state index in [2.05, 4.69) is 4.99 Å². The van der Waals surface area contributed by atoms with Crippen LogP contribution >= 0.6 is 34.9 Å². The number of amidine groups is 1. The van der Waals surface area contributed by atoms with Gasteiger partial charge in [-0.15, -0.1) is 23.1 Å². The number of carbonyl (C=O) groups excluding carboxylic acids is 1. The van der Waals surface area contributed by atoms with Gasteiger partial charge in [0.25, 0.3) is 0 Å². The minimum absolute atomic E-state index is 0.0511. The summed E-state index contributed by atoms with van der Waals surface area (Å²) in [6, 6.07) is 8.68. The minimum atomic E-state index is -0.673. The number of nitrogens with two attached hydrogens (primary N) is 1. The van der Waals surface area contributed by atoms with Crippen molar-refractivity contribution in [3.05, 3.63) is 52.2 Å². The normalized spacial score (nSPS) is 20.4. The summed E-state index contributed by atoms with van der Waals surface area (Å²) in [6.07, 6.45) is 2.96. The van der Waals surface area contributed by atoms with Gasteiger partial charge in [-0.05, 0) is 49.4 Å². The number of hydrogen-bond donors (Lipinski definition) is 1. The molecule has 3 nitrogen and oxygen atoms in total. The van der Waals surface area contributed by atoms with Crippen molar-refractivity contribution >= 4 is 45.8 Å². The zero-order valence-electron chi connectivity index (χ0n) is 14.0. The number of rotatable bonds is 5. The Kier molecular flexibility index (Phi) is 5.55. The van der Waals surface area contributed by atoms with E-state index in [0.717, 1.165) is 20.4 Å². The van der Waals surface area contributed by atoms with Gasteiger partial charge in [0.2, 0.25) is 0 Å². The van der Waals surface area contributed by atoms with Crippen molar-refractivity contribution in [1.82, 2.24) is 0 Å². The highest BCUT2D eigenvalue weighted by molar-refractivity contribution is 8.13. The lowest BCUT2D eigenvalue weighted by Gasteiger charge is -2.30. The molecule has 0 amide bonds. The molecule has 1 atom stereocenters. The second kappa shape index (κ2) is 7.51. The first kappa shape index (κ1) is 18.5. The van der Waals surface area contributed by atoms with Gasteiger partial charge >= 0.3 is 0 Å². The molecule has 7 heteroatoms. The number of nitrogens with zero attached hydrogens (tertiary/aromatic N) is 1. The van der Waals surface area contributed by atoms with Gasteiger partial charge in [0, 0.05) is 17.7 Å². The highest BCUT2D eigenvalue weighted by atomic mass is 32.2. The Balaban J connectivity index is 1.86. The van der Waals surface area contributed by atoms with Crippen LogP contribution in [0.1, 0.15) is 34.1 Å². The first-order valence-electron chi connectivity index (χ1n) is 7.85. The molecule has 0 radical (unpaired) electrons. The summed E-state index contributed by atoms with van der Waals surface area (Å²) in [6.45, 7) is 1.90. The van der Waals surface area contributed by atoms with Gasteiger partial charge in [0.1, 0.15) is 5.82 Å². The number of thioether (sulfide) groups is 2. The zero-order valence-corrected chi connectivity index (χ0v) is 16.5. The number of aliphatic imine (C=N–C) groups is 1. The third-order valence-electron chi connectivity index (χ3n) is 4.23. The molecule has 1 aliphatic rings. The molecule has 0 saturated carbocycles. The second-order valence-corrected chi connectivity index (χ2v) is 9.36. The van der Waals surface area contributed by atoms with Crippen LogP contribution in [0.2, 0.25) is 0 Å². The van der Waals surface area contributed by atoms with Crippen LogP contribution in [0.3, 0.4) is 0 Å². The summed E-state index contributed by atoms with van der Waals surface area (Å²) in [7, 11) is 0. The third kappa shape index (κ3) is 4.10. The summed E-state index contributed by atoms with van der Waals surface area (Å²) in [5, 5.41) is 0.484. The standard InChI is InChI=1S/C18H19FN2OS3/c1-18(7-8-24-17(20)21-18)12-9-11(3-4-13(12)19)10-14(22)15-5-6-16(23-2)25-15/h3-6,9H,7-8,10H2,1-2H3,(H2,20,21)/t18-/m0/s1. The summed E-state index contributed by atoms with van der Waals surface area (Å²) >= 11 is 4.61. The van der Waals surface area contributed by atoms with Crippen molar-refractivity contribution in [2.45, 2.75) is 29.5 Å². The molecule has 1 aliphatic heterocycles. The van der Waals surface area contributed by atoms with Crippen LogP contribution < -0.4 is 5.73 Å². The van der Waals surface area contributed by atoms with Gasteiger partial charge in [-0.3, -0.25) is 9.79 Å². The summed E-state index contributed by atoms with van der Waals surface area (Å²) in [5.74, 6) is 0.555. The molecule has 2 aromatic rings. The van der Waals surface area contributed by atoms with Crippen LogP contribution in [-0.4, -0.2) is 23.0 Å². The van der Waals surface area contributed by atoms with E-state index >= 15 is 0 Å². The van der Waals surface area contributed by atoms with Crippen molar-refractivity contribution in [3.8, 4) is 0 Å². The van der Waals surface area contributed by atoms with E-state index in [4.69, 9.17) is 5.73 Å². The second-order valence-electron chi connectivity index (χ2n) is 6.06. The minimum Gasteiger partial charge on any atom is -0.379 e. The lowest BCUT2D eigenvalue weighted by atomic mass is 9.87. The van der Waals surface area contributed by atoms with Crippen LogP contribution in [0.4, 0.5) is 4.39 Å². The average Bonchev–Trinajstić information content (AvgIpc) is 3.05. The lowest BCUT2D eigenvalue weighted by Crippen LogP contribution is -2.29. The van der Waals surface area contributed by atoms with Crippen LogP contribution in [0.15, 0.2) is 39.5 Å². The Bertz CT molecular complexity index is 833. The van der Waals surface area contributed by atoms with Crippen molar-refractivity contribution in [2.24, 2.45) is 10.7 Å². The van der Waals surface area contributed by atoms with E-state index in [9.17, 15) is 9.18 Å². The molecule has 2 N–H and O–H groups in total. The van der Waals surface area contributed by atoms with E-state index in [0.29, 0.717) is 17.2 Å². The average molecular weight is 395 g/mol. The molecule has 1 aromatic carbocycles. The quantitative estimate of drug-likeness (QED) is 0.590. The molecule has 0 aliphatic carbocycles. The van der Waals surface area contributed by atoms with Crippen molar-refractivity contribution < 1.29 is 9.18 Å². The maximum Gasteiger partial charge on any atom is 0.177 e. The number of halogens is 1. The predicted octanol–water partition coefficient (Wildman–Crippen LogP) is 4.70. The molecule has 0 fully saturated rings. The molecular formula is C18H19FN2OS3. The molecule has 0 spiro atoms. The molecule has 0 saturated heterocycles. The third-order valence-corrected chi connectivity index (χ3v) is 7.23. The monoisotopic (exact) mass is 394 g/mol. The lowest BCUT2D eigenvalue weighted by molar-refractivity contribution is 0.0996. The highest BCUT2D eigenvalue weighted by Crippen LogP contribution is 2.37. The van der Waals surface area contributed by atoms with Crippen molar-refractivity contribution in [2.75, 3.05) is 12.0 Å². The number of benzene rings is 1. The van der Waals surface area contributed by atoms with Gasteiger partial charge < -0.3 is 5.73 Å². The molecule has 1 aromatic heterocycles. The molecule has 25 heavy (non-hydrogen) atoms. The maximum atomic E-state index is 14.4. The largest absolute Gasteiger partial charge is 0.379 e. The van der Waals surface area contributed by atoms with Crippen LogP contribution in [0.5, 0.6) is 0 Å². The number of ketones is 1. The fourth-order valence-corrected chi connectivity index (χ4v) is 5.28. The first-order chi connectivity index (χ1) is 11.9. The fourth-order valence-electron chi connectivity index (χ4n) is 2.83. The molecule has 3 rings (SSSR count). The maximum absolute atomic E-state index is 14.4. The molecule has 0 bridgehead atoms. The number of thiophene rings is 1. The van der Waals surface area contributed by atoms with Gasteiger partial charge in [-0.1, -0.05) is 17.8 Å². The smallest absolute Gasteiger partial charge is 0.177 e. The van der Waals surface area contributed by atoms with Gasteiger partial charge in [0.05, 0.1) is 14.6 Å². The van der Waals surface area contributed by atoms with Gasteiger partial charge in [0.15, 0.2) is 11.0 Å². The highest BCUT2D eigenvalue weighted by Gasteiger charge is 2.32. The Morgan fingerprint density at radius 2 is 2.20 bits per heavy atom. The number of hydrogen-bond acceptors (Lipinski definition) is 6. The van der Waals surface area contributed by atoms with E-state index < -0.39 is 5.54 Å². The Morgan fingerprint density at radius 3 is 2.88 bits per heavy atom. The zero-order chi connectivity index (χ0) is 18.0. The van der Waals surface area contributed by atoms with Crippen LogP contribution in [0, 0.1) is 5.82 Å². The Hall–Kier alpha value is -1.31. The van der Waals surface area contributed by atoms with Crippen LogP contribution in [0.25, 0.3) is 0 Å². The van der Waals surface area contributed by atoms with Crippen LogP contribution in [-0.2, 0) is 12.0 Å². The van der Waals surface area contributed by atoms with E-state index in [1.807, 2.05) is 25.3 Å². The van der Waals surface area contributed by atoms with Gasteiger partial charge in [-0.2, -0.15) is 0 Å². The summed E-state index contributed by atoms with van der Waals surface area (Å²) in [4.78, 5) is 17.7. The summed E-state index contributed by atoms with van der Waals surface area (Å²) in [5.41, 5.74) is 6.48. The molecule has 0 unspecified atom stereocenters. The number of Topliss-reactive ketones (excluding diaryl/α,β-unsaturated/α-hetero) is 1. The van der Waals surface area contributed by atoms with Crippen molar-refractivity contribution in [1.29, 1.82) is 0 Å². The van der Waals surface area contributed by atoms with E-state index in [1.165, 1.54) is 29.2 Å². The fraction of sp³-hybridized carbons (Fsp3) is 0.333.